The average Bonchev–Trinajstić information content (AvgIpc) is 2.07. The Bertz CT molecular complexity index is 301. The van der Waals surface area contributed by atoms with E-state index >= 15 is 0 Å². The molecule has 0 saturated heterocycles. The lowest BCUT2D eigenvalue weighted by molar-refractivity contribution is 0.0925. The van der Waals surface area contributed by atoms with Crippen molar-refractivity contribution in [2.75, 3.05) is 6.61 Å². The van der Waals surface area contributed by atoms with Gasteiger partial charge in [-0.3, -0.25) is 0 Å². The lowest BCUT2D eigenvalue weighted by atomic mass is 10.00. The highest BCUT2D eigenvalue weighted by atomic mass is 35.5. The van der Waals surface area contributed by atoms with Crippen molar-refractivity contribution >= 4 is 11.6 Å². The molecule has 1 aliphatic rings. The van der Waals surface area contributed by atoms with Gasteiger partial charge in [0.25, 0.3) is 0 Å². The van der Waals surface area contributed by atoms with Gasteiger partial charge >= 0.3 is 0 Å². The largest absolute Gasteiger partial charge is 0.375 e. The number of rotatable bonds is 0. The third kappa shape index (κ3) is 1.22. The molecular formula is C9H10ClNO. The molecular weight excluding hydrogens is 174 g/mol. The molecule has 0 amide bonds. The molecule has 0 aromatic heterocycles. The summed E-state index contributed by atoms with van der Waals surface area (Å²) in [5, 5.41) is 0.752. The van der Waals surface area contributed by atoms with Crippen LogP contribution in [0.15, 0.2) is 18.2 Å². The van der Waals surface area contributed by atoms with Gasteiger partial charge in [-0.15, -0.1) is 0 Å². The molecule has 3 heteroatoms. The van der Waals surface area contributed by atoms with Crippen LogP contribution in [0, 0.1) is 0 Å². The van der Waals surface area contributed by atoms with Crippen molar-refractivity contribution in [3.8, 4) is 0 Å². The minimum atomic E-state index is -0.0209. The SMILES string of the molecule is N[C@@H]1COCc2c(Cl)cccc21. The summed E-state index contributed by atoms with van der Waals surface area (Å²) in [6.07, 6.45) is 0. The summed E-state index contributed by atoms with van der Waals surface area (Å²) < 4.78 is 5.28. The summed E-state index contributed by atoms with van der Waals surface area (Å²) in [5.74, 6) is 0. The number of fused-ring (bicyclic) bond motifs is 1. The molecule has 0 radical (unpaired) electrons. The van der Waals surface area contributed by atoms with Crippen LogP contribution in [-0.2, 0) is 11.3 Å². The van der Waals surface area contributed by atoms with Crippen molar-refractivity contribution in [3.63, 3.8) is 0 Å². The Balaban J connectivity index is 2.52. The Labute approximate surface area is 76.3 Å². The van der Waals surface area contributed by atoms with Crippen LogP contribution >= 0.6 is 11.6 Å². The van der Waals surface area contributed by atoms with E-state index < -0.39 is 0 Å². The number of ether oxygens (including phenoxy) is 1. The van der Waals surface area contributed by atoms with E-state index in [1.165, 1.54) is 0 Å². The van der Waals surface area contributed by atoms with E-state index in [1.54, 1.807) is 0 Å². The van der Waals surface area contributed by atoms with Crippen molar-refractivity contribution in [3.05, 3.63) is 34.3 Å². The fraction of sp³-hybridized carbons (Fsp3) is 0.333. The molecule has 1 heterocycles. The zero-order chi connectivity index (χ0) is 8.55. The van der Waals surface area contributed by atoms with Crippen LogP contribution in [0.5, 0.6) is 0 Å². The lowest BCUT2D eigenvalue weighted by Crippen LogP contribution is -2.23. The van der Waals surface area contributed by atoms with Gasteiger partial charge in [-0.05, 0) is 11.6 Å². The smallest absolute Gasteiger partial charge is 0.0735 e. The number of hydrogen-bond acceptors (Lipinski definition) is 2. The van der Waals surface area contributed by atoms with E-state index in [9.17, 15) is 0 Å². The lowest BCUT2D eigenvalue weighted by Gasteiger charge is -2.23. The summed E-state index contributed by atoms with van der Waals surface area (Å²) in [4.78, 5) is 0. The molecule has 0 spiro atoms. The molecule has 0 aliphatic carbocycles. The topological polar surface area (TPSA) is 35.2 Å². The molecule has 0 fully saturated rings. The van der Waals surface area contributed by atoms with Gasteiger partial charge in [0.15, 0.2) is 0 Å². The highest BCUT2D eigenvalue weighted by Crippen LogP contribution is 2.28. The van der Waals surface area contributed by atoms with Crippen molar-refractivity contribution in [2.45, 2.75) is 12.6 Å². The quantitative estimate of drug-likeness (QED) is 0.667. The molecule has 12 heavy (non-hydrogen) atoms. The molecule has 2 rings (SSSR count). The van der Waals surface area contributed by atoms with Gasteiger partial charge in [0.05, 0.1) is 19.3 Å². The molecule has 0 unspecified atom stereocenters. The molecule has 1 aliphatic heterocycles. The average molecular weight is 184 g/mol. The summed E-state index contributed by atoms with van der Waals surface area (Å²) in [6, 6.07) is 5.77. The van der Waals surface area contributed by atoms with Crippen molar-refractivity contribution in [1.82, 2.24) is 0 Å². The predicted molar refractivity (Wildman–Crippen MR) is 48.0 cm³/mol. The molecule has 2 N–H and O–H groups in total. The third-order valence-electron chi connectivity index (χ3n) is 2.10. The fourth-order valence-corrected chi connectivity index (χ4v) is 1.69. The number of hydrogen-bond donors (Lipinski definition) is 1. The first kappa shape index (κ1) is 8.05. The van der Waals surface area contributed by atoms with Gasteiger partial charge in [-0.2, -0.15) is 0 Å². The van der Waals surface area contributed by atoms with Crippen molar-refractivity contribution in [2.24, 2.45) is 5.73 Å². The fourth-order valence-electron chi connectivity index (χ4n) is 1.45. The first-order valence-corrected chi connectivity index (χ1v) is 4.27. The number of halogens is 1. The van der Waals surface area contributed by atoms with Crippen molar-refractivity contribution < 1.29 is 4.74 Å². The van der Waals surface area contributed by atoms with Crippen LogP contribution in [-0.4, -0.2) is 6.61 Å². The van der Waals surface area contributed by atoms with E-state index in [2.05, 4.69) is 0 Å². The standard InChI is InChI=1S/C9H10ClNO/c10-8-3-1-2-6-7(8)4-12-5-9(6)11/h1-3,9H,4-5,11H2/t9-/m1/s1. The minimum Gasteiger partial charge on any atom is -0.375 e. The number of benzene rings is 1. The second-order valence-corrected chi connectivity index (χ2v) is 3.34. The van der Waals surface area contributed by atoms with E-state index in [1.807, 2.05) is 18.2 Å². The van der Waals surface area contributed by atoms with E-state index in [4.69, 9.17) is 22.1 Å². The maximum absolute atomic E-state index is 5.97. The van der Waals surface area contributed by atoms with Gasteiger partial charge in [0, 0.05) is 10.6 Å². The van der Waals surface area contributed by atoms with Crippen LogP contribution in [0.4, 0.5) is 0 Å². The van der Waals surface area contributed by atoms with Gasteiger partial charge in [0.1, 0.15) is 0 Å². The first-order chi connectivity index (χ1) is 5.79. The first-order valence-electron chi connectivity index (χ1n) is 3.89. The molecule has 1 aromatic rings. The number of nitrogens with two attached hydrogens (primary N) is 1. The predicted octanol–water partition coefficient (Wildman–Crippen LogP) is 1.87. The van der Waals surface area contributed by atoms with E-state index in [0.717, 1.165) is 16.1 Å². The Kier molecular flexibility index (Phi) is 2.05. The zero-order valence-corrected chi connectivity index (χ0v) is 7.34. The van der Waals surface area contributed by atoms with Crippen LogP contribution in [0.1, 0.15) is 17.2 Å². The van der Waals surface area contributed by atoms with Gasteiger partial charge in [0.2, 0.25) is 0 Å². The maximum atomic E-state index is 5.97. The summed E-state index contributed by atoms with van der Waals surface area (Å²) in [6.45, 7) is 1.18. The highest BCUT2D eigenvalue weighted by Gasteiger charge is 2.18. The van der Waals surface area contributed by atoms with Gasteiger partial charge in [-0.1, -0.05) is 23.7 Å². The monoisotopic (exact) mass is 183 g/mol. The van der Waals surface area contributed by atoms with Gasteiger partial charge < -0.3 is 10.5 Å². The molecule has 0 saturated carbocycles. The van der Waals surface area contributed by atoms with Crippen LogP contribution in [0.2, 0.25) is 5.02 Å². The van der Waals surface area contributed by atoms with Crippen molar-refractivity contribution in [1.29, 1.82) is 0 Å². The van der Waals surface area contributed by atoms with E-state index in [0.29, 0.717) is 13.2 Å². The summed E-state index contributed by atoms with van der Waals surface area (Å²) >= 11 is 5.97. The highest BCUT2D eigenvalue weighted by molar-refractivity contribution is 6.31. The van der Waals surface area contributed by atoms with Crippen LogP contribution < -0.4 is 5.73 Å². The molecule has 64 valence electrons. The molecule has 0 bridgehead atoms. The summed E-state index contributed by atoms with van der Waals surface area (Å²) in [5.41, 5.74) is 7.99. The van der Waals surface area contributed by atoms with Crippen LogP contribution in [0.3, 0.4) is 0 Å². The second-order valence-electron chi connectivity index (χ2n) is 2.93. The van der Waals surface area contributed by atoms with E-state index in [-0.39, 0.29) is 6.04 Å². The minimum absolute atomic E-state index is 0.0209. The second kappa shape index (κ2) is 3.05. The third-order valence-corrected chi connectivity index (χ3v) is 2.45. The normalized spacial score (nSPS) is 22.0. The maximum Gasteiger partial charge on any atom is 0.0735 e. The van der Waals surface area contributed by atoms with Crippen LogP contribution in [0.25, 0.3) is 0 Å². The Morgan fingerprint density at radius 2 is 2.33 bits per heavy atom. The zero-order valence-electron chi connectivity index (χ0n) is 6.59. The molecule has 2 nitrogen and oxygen atoms in total. The Hall–Kier alpha value is -0.570. The molecule has 1 aromatic carbocycles. The Morgan fingerprint density at radius 3 is 3.08 bits per heavy atom. The van der Waals surface area contributed by atoms with Gasteiger partial charge in [-0.25, -0.2) is 0 Å². The summed E-state index contributed by atoms with van der Waals surface area (Å²) in [7, 11) is 0. The molecule has 1 atom stereocenters. The Morgan fingerprint density at radius 1 is 1.50 bits per heavy atom.